The van der Waals surface area contributed by atoms with Crippen LogP contribution >= 0.6 is 11.8 Å². The van der Waals surface area contributed by atoms with Crippen LogP contribution in [0.5, 0.6) is 0 Å². The molecule has 0 atom stereocenters. The number of aromatic nitrogens is 5. The van der Waals surface area contributed by atoms with Crippen LogP contribution in [0, 0.1) is 6.92 Å². The number of fused-ring (bicyclic) bond motifs is 1. The molecule has 130 valence electrons. The van der Waals surface area contributed by atoms with Gasteiger partial charge in [0.15, 0.2) is 0 Å². The number of amides is 1. The molecule has 2 heterocycles. The molecule has 0 aliphatic rings. The molecule has 2 aromatic heterocycles. The molecule has 0 aliphatic heterocycles. The number of tetrazole rings is 1. The van der Waals surface area contributed by atoms with Crippen LogP contribution in [0.2, 0.25) is 0 Å². The smallest absolute Gasteiger partial charge is 0.251 e. The van der Waals surface area contributed by atoms with E-state index in [0.717, 1.165) is 16.5 Å². The number of nitrogens with zero attached hydrogens (tertiary/aromatic N) is 4. The number of hydrogen-bond acceptors (Lipinski definition) is 6. The number of H-pyrrole nitrogens is 1. The van der Waals surface area contributed by atoms with Crippen LogP contribution in [-0.2, 0) is 18.3 Å². The Morgan fingerprint density at radius 1 is 1.40 bits per heavy atom. The van der Waals surface area contributed by atoms with Gasteiger partial charge >= 0.3 is 0 Å². The van der Waals surface area contributed by atoms with E-state index in [9.17, 15) is 9.59 Å². The molecule has 0 fully saturated rings. The minimum Gasteiger partial charge on any atom is -0.325 e. The summed E-state index contributed by atoms with van der Waals surface area (Å²) in [6.45, 7) is 3.91. The standard InChI is InChI=1S/C16H18N6O2S/c1-4-11-9(2)12-6-5-10(7-13(12)18-15(11)24)17-14(23)8-25-16-19-20-21-22(16)3/h5-7H,4,8H2,1-3H3,(H,17,23)(H,18,24). The summed E-state index contributed by atoms with van der Waals surface area (Å²) in [6.07, 6.45) is 0.684. The quantitative estimate of drug-likeness (QED) is 0.672. The lowest BCUT2D eigenvalue weighted by molar-refractivity contribution is -0.113. The van der Waals surface area contributed by atoms with Crippen LogP contribution in [0.15, 0.2) is 28.2 Å². The first-order valence-electron chi connectivity index (χ1n) is 7.80. The van der Waals surface area contributed by atoms with E-state index in [1.807, 2.05) is 26.0 Å². The minimum atomic E-state index is -0.170. The fourth-order valence-electron chi connectivity index (χ4n) is 2.68. The predicted molar refractivity (Wildman–Crippen MR) is 96.8 cm³/mol. The van der Waals surface area contributed by atoms with Crippen molar-refractivity contribution in [3.05, 3.63) is 39.7 Å². The van der Waals surface area contributed by atoms with Gasteiger partial charge in [-0.2, -0.15) is 0 Å². The molecule has 0 aliphatic carbocycles. The Kier molecular flexibility index (Phi) is 4.84. The molecule has 25 heavy (non-hydrogen) atoms. The molecule has 2 N–H and O–H groups in total. The van der Waals surface area contributed by atoms with Gasteiger partial charge in [-0.05, 0) is 41.5 Å². The Hall–Kier alpha value is -2.68. The van der Waals surface area contributed by atoms with E-state index < -0.39 is 0 Å². The Balaban J connectivity index is 1.76. The average molecular weight is 358 g/mol. The molecular formula is C16H18N6O2S. The van der Waals surface area contributed by atoms with Crippen molar-refractivity contribution < 1.29 is 4.79 Å². The number of nitrogens with one attached hydrogen (secondary N) is 2. The lowest BCUT2D eigenvalue weighted by atomic mass is 10.0. The van der Waals surface area contributed by atoms with Gasteiger partial charge in [-0.1, -0.05) is 24.8 Å². The van der Waals surface area contributed by atoms with E-state index >= 15 is 0 Å². The molecular weight excluding hydrogens is 340 g/mol. The van der Waals surface area contributed by atoms with Gasteiger partial charge in [0, 0.05) is 23.7 Å². The molecule has 0 saturated heterocycles. The highest BCUT2D eigenvalue weighted by molar-refractivity contribution is 7.99. The Bertz CT molecular complexity index is 994. The molecule has 0 radical (unpaired) electrons. The number of thioether (sulfide) groups is 1. The first-order valence-corrected chi connectivity index (χ1v) is 8.78. The third-order valence-corrected chi connectivity index (χ3v) is 4.96. The van der Waals surface area contributed by atoms with Crippen molar-refractivity contribution in [2.75, 3.05) is 11.1 Å². The zero-order valence-corrected chi connectivity index (χ0v) is 15.0. The van der Waals surface area contributed by atoms with Gasteiger partial charge in [0.2, 0.25) is 11.1 Å². The highest BCUT2D eigenvalue weighted by Gasteiger charge is 2.11. The largest absolute Gasteiger partial charge is 0.325 e. The lowest BCUT2D eigenvalue weighted by Crippen LogP contribution is -2.16. The normalized spacial score (nSPS) is 11.0. The first-order chi connectivity index (χ1) is 12.0. The number of carbonyl (C=O) groups is 1. The molecule has 1 aromatic carbocycles. The Morgan fingerprint density at radius 3 is 2.88 bits per heavy atom. The molecule has 8 nitrogen and oxygen atoms in total. The monoisotopic (exact) mass is 358 g/mol. The highest BCUT2D eigenvalue weighted by Crippen LogP contribution is 2.22. The molecule has 3 aromatic rings. The van der Waals surface area contributed by atoms with E-state index in [1.54, 1.807) is 13.1 Å². The maximum absolute atomic E-state index is 12.1. The summed E-state index contributed by atoms with van der Waals surface area (Å²) in [5.74, 6) is 0.0212. The Morgan fingerprint density at radius 2 is 2.20 bits per heavy atom. The topological polar surface area (TPSA) is 106 Å². The van der Waals surface area contributed by atoms with Crippen LogP contribution < -0.4 is 10.9 Å². The van der Waals surface area contributed by atoms with Gasteiger partial charge in [-0.3, -0.25) is 9.59 Å². The summed E-state index contributed by atoms with van der Waals surface area (Å²) in [6, 6.07) is 5.52. The van der Waals surface area contributed by atoms with Gasteiger partial charge in [0.05, 0.1) is 11.3 Å². The van der Waals surface area contributed by atoms with Gasteiger partial charge in [0.25, 0.3) is 5.56 Å². The molecule has 0 spiro atoms. The first kappa shape index (κ1) is 17.2. The summed E-state index contributed by atoms with van der Waals surface area (Å²) in [7, 11) is 1.72. The fourth-order valence-corrected chi connectivity index (χ4v) is 3.33. The molecule has 0 unspecified atom stereocenters. The average Bonchev–Trinajstić information content (AvgIpc) is 2.98. The summed E-state index contributed by atoms with van der Waals surface area (Å²) < 4.78 is 1.51. The third-order valence-electron chi connectivity index (χ3n) is 3.95. The van der Waals surface area contributed by atoms with Gasteiger partial charge in [0.1, 0.15) is 0 Å². The number of aryl methyl sites for hydroxylation is 2. The molecule has 0 saturated carbocycles. The van der Waals surface area contributed by atoms with E-state index in [0.29, 0.717) is 22.8 Å². The van der Waals surface area contributed by atoms with E-state index in [4.69, 9.17) is 0 Å². The second-order valence-electron chi connectivity index (χ2n) is 5.59. The van der Waals surface area contributed by atoms with Crippen LogP contribution in [0.4, 0.5) is 5.69 Å². The van der Waals surface area contributed by atoms with Crippen LogP contribution in [0.3, 0.4) is 0 Å². The van der Waals surface area contributed by atoms with E-state index in [1.165, 1.54) is 16.4 Å². The van der Waals surface area contributed by atoms with Crippen LogP contribution in [0.1, 0.15) is 18.1 Å². The van der Waals surface area contributed by atoms with E-state index in [2.05, 4.69) is 25.8 Å². The SMILES string of the molecule is CCc1c(C)c2ccc(NC(=O)CSc3nnnn3C)cc2[nH]c1=O. The zero-order chi connectivity index (χ0) is 18.0. The number of pyridine rings is 1. The van der Waals surface area contributed by atoms with Crippen LogP contribution in [0.25, 0.3) is 10.9 Å². The number of rotatable bonds is 5. The van der Waals surface area contributed by atoms with Gasteiger partial charge in [-0.15, -0.1) is 5.10 Å². The highest BCUT2D eigenvalue weighted by atomic mass is 32.2. The van der Waals surface area contributed by atoms with Crippen molar-refractivity contribution in [1.82, 2.24) is 25.2 Å². The zero-order valence-electron chi connectivity index (χ0n) is 14.2. The molecule has 0 bridgehead atoms. The number of aromatic amines is 1. The molecule has 1 amide bonds. The van der Waals surface area contributed by atoms with Gasteiger partial charge < -0.3 is 10.3 Å². The lowest BCUT2D eigenvalue weighted by Gasteiger charge is -2.10. The second kappa shape index (κ2) is 7.06. The summed E-state index contributed by atoms with van der Waals surface area (Å²) in [4.78, 5) is 27.1. The second-order valence-corrected chi connectivity index (χ2v) is 6.54. The Labute approximate surface area is 148 Å². The maximum atomic E-state index is 12.1. The summed E-state index contributed by atoms with van der Waals surface area (Å²) in [5.41, 5.74) is 3.03. The predicted octanol–water partition coefficient (Wildman–Crippen LogP) is 1.65. The third kappa shape index (κ3) is 3.55. The van der Waals surface area contributed by atoms with Crippen molar-refractivity contribution in [3.63, 3.8) is 0 Å². The minimum absolute atomic E-state index is 0.0821. The molecule has 3 rings (SSSR count). The summed E-state index contributed by atoms with van der Waals surface area (Å²) in [5, 5.41) is 15.4. The number of hydrogen-bond donors (Lipinski definition) is 2. The number of benzene rings is 1. The van der Waals surface area contributed by atoms with Crippen LogP contribution in [-0.4, -0.2) is 36.9 Å². The number of anilines is 1. The van der Waals surface area contributed by atoms with Crippen molar-refractivity contribution in [2.45, 2.75) is 25.4 Å². The van der Waals surface area contributed by atoms with E-state index in [-0.39, 0.29) is 17.2 Å². The van der Waals surface area contributed by atoms with Gasteiger partial charge in [-0.25, -0.2) is 4.68 Å². The number of carbonyl (C=O) groups excluding carboxylic acids is 1. The van der Waals surface area contributed by atoms with Crippen molar-refractivity contribution in [2.24, 2.45) is 7.05 Å². The fraction of sp³-hybridized carbons (Fsp3) is 0.312. The maximum Gasteiger partial charge on any atom is 0.251 e. The molecule has 9 heteroatoms. The van der Waals surface area contributed by atoms with Crippen molar-refractivity contribution in [1.29, 1.82) is 0 Å². The van der Waals surface area contributed by atoms with Crippen molar-refractivity contribution in [3.8, 4) is 0 Å². The van der Waals surface area contributed by atoms with Crippen molar-refractivity contribution >= 4 is 34.3 Å². The summed E-state index contributed by atoms with van der Waals surface area (Å²) >= 11 is 1.25.